The number of aliphatic hydroxyl groups excluding tert-OH is 1. The smallest absolute Gasteiger partial charge is 0.322 e. The topological polar surface area (TPSA) is 77.9 Å². The van der Waals surface area contributed by atoms with Gasteiger partial charge in [-0.25, -0.2) is 0 Å². The van der Waals surface area contributed by atoms with E-state index in [4.69, 9.17) is 14.8 Å². The number of aromatic nitrogens is 3. The normalized spacial score (nSPS) is 20.1. The van der Waals surface area contributed by atoms with Crippen molar-refractivity contribution in [3.05, 3.63) is 0 Å². The Hall–Kier alpha value is -1.67. The number of piperazine rings is 1. The average Bonchev–Trinajstić information content (AvgIpc) is 2.92. The highest BCUT2D eigenvalue weighted by Crippen LogP contribution is 2.21. The fourth-order valence-corrected chi connectivity index (χ4v) is 3.29. The molecular weight excluding hydrogens is 308 g/mol. The summed E-state index contributed by atoms with van der Waals surface area (Å²) in [7, 11) is 1.60. The third kappa shape index (κ3) is 4.24. The Kier molecular flexibility index (Phi) is 6.03. The Morgan fingerprint density at radius 3 is 1.96 bits per heavy atom. The minimum absolute atomic E-state index is 0.207. The van der Waals surface area contributed by atoms with Crippen LogP contribution in [-0.4, -0.2) is 84.5 Å². The van der Waals surface area contributed by atoms with Gasteiger partial charge in [-0.2, -0.15) is 15.0 Å². The predicted octanol–water partition coefficient (Wildman–Crippen LogP) is 0.375. The molecule has 0 atom stereocenters. The van der Waals surface area contributed by atoms with Crippen molar-refractivity contribution < 1.29 is 9.84 Å². The van der Waals surface area contributed by atoms with Gasteiger partial charge in [0.25, 0.3) is 0 Å². The first kappa shape index (κ1) is 17.2. The molecule has 8 nitrogen and oxygen atoms in total. The highest BCUT2D eigenvalue weighted by Gasteiger charge is 2.22. The second-order valence-electron chi connectivity index (χ2n) is 6.38. The van der Waals surface area contributed by atoms with Crippen LogP contribution in [-0.2, 0) is 0 Å². The van der Waals surface area contributed by atoms with Gasteiger partial charge in [-0.3, -0.25) is 4.90 Å². The number of methoxy groups -OCH3 is 1. The molecule has 2 aliphatic heterocycles. The molecule has 3 heterocycles. The van der Waals surface area contributed by atoms with E-state index >= 15 is 0 Å². The molecule has 0 unspecified atom stereocenters. The number of ether oxygens (including phenoxy) is 1. The Balaban J connectivity index is 1.74. The lowest BCUT2D eigenvalue weighted by Crippen LogP contribution is -2.47. The predicted molar refractivity (Wildman–Crippen MR) is 92.8 cm³/mol. The Morgan fingerprint density at radius 2 is 1.42 bits per heavy atom. The maximum absolute atomic E-state index is 9.06. The summed E-state index contributed by atoms with van der Waals surface area (Å²) in [5, 5.41) is 9.06. The van der Waals surface area contributed by atoms with Gasteiger partial charge < -0.3 is 19.6 Å². The molecule has 24 heavy (non-hydrogen) atoms. The van der Waals surface area contributed by atoms with E-state index in [9.17, 15) is 0 Å². The van der Waals surface area contributed by atoms with Crippen LogP contribution in [0.25, 0.3) is 0 Å². The first-order valence-corrected chi connectivity index (χ1v) is 8.93. The summed E-state index contributed by atoms with van der Waals surface area (Å²) >= 11 is 0. The zero-order valence-electron chi connectivity index (χ0n) is 14.5. The molecule has 1 N–H and O–H groups in total. The number of rotatable bonds is 5. The van der Waals surface area contributed by atoms with Gasteiger partial charge in [-0.1, -0.05) is 12.8 Å². The van der Waals surface area contributed by atoms with Crippen LogP contribution in [0, 0.1) is 0 Å². The molecule has 0 bridgehead atoms. The molecule has 8 heteroatoms. The maximum atomic E-state index is 9.06. The van der Waals surface area contributed by atoms with Crippen LogP contribution >= 0.6 is 0 Å². The monoisotopic (exact) mass is 336 g/mol. The largest absolute Gasteiger partial charge is 0.467 e. The third-order valence-corrected chi connectivity index (χ3v) is 4.73. The van der Waals surface area contributed by atoms with Crippen molar-refractivity contribution in [2.24, 2.45) is 0 Å². The van der Waals surface area contributed by atoms with Gasteiger partial charge in [-0.05, 0) is 12.8 Å². The number of hydrogen-bond donors (Lipinski definition) is 1. The van der Waals surface area contributed by atoms with E-state index in [0.29, 0.717) is 12.0 Å². The number of aliphatic hydroxyl groups is 1. The fraction of sp³-hybridized carbons (Fsp3) is 0.812. The lowest BCUT2D eigenvalue weighted by Gasteiger charge is -2.34. The van der Waals surface area contributed by atoms with Crippen molar-refractivity contribution in [3.8, 4) is 6.01 Å². The van der Waals surface area contributed by atoms with E-state index in [0.717, 1.165) is 51.8 Å². The first-order valence-electron chi connectivity index (χ1n) is 8.93. The SMILES string of the molecule is COc1nc(N2CCCCCC2)nc(N2CCN(CCO)CC2)n1. The molecule has 2 aliphatic rings. The first-order chi connectivity index (χ1) is 11.8. The van der Waals surface area contributed by atoms with Gasteiger partial charge in [-0.15, -0.1) is 0 Å². The quantitative estimate of drug-likeness (QED) is 0.827. The standard InChI is InChI=1S/C16H28N6O2/c1-24-16-18-14(21-6-4-2-3-5-7-21)17-15(19-16)22-10-8-20(9-11-22)12-13-23/h23H,2-13H2,1H3. The van der Waals surface area contributed by atoms with E-state index < -0.39 is 0 Å². The second-order valence-corrected chi connectivity index (χ2v) is 6.38. The van der Waals surface area contributed by atoms with E-state index in [1.807, 2.05) is 0 Å². The van der Waals surface area contributed by atoms with E-state index in [1.54, 1.807) is 7.11 Å². The highest BCUT2D eigenvalue weighted by molar-refractivity contribution is 5.41. The van der Waals surface area contributed by atoms with Gasteiger partial charge in [0.15, 0.2) is 0 Å². The van der Waals surface area contributed by atoms with Crippen LogP contribution in [0.15, 0.2) is 0 Å². The van der Waals surface area contributed by atoms with Crippen molar-refractivity contribution in [1.29, 1.82) is 0 Å². The zero-order chi connectivity index (χ0) is 16.8. The Labute approximate surface area is 143 Å². The molecule has 0 aliphatic carbocycles. The zero-order valence-corrected chi connectivity index (χ0v) is 14.5. The summed E-state index contributed by atoms with van der Waals surface area (Å²) in [6.07, 6.45) is 4.92. The summed E-state index contributed by atoms with van der Waals surface area (Å²) < 4.78 is 5.31. The molecule has 134 valence electrons. The molecule has 0 amide bonds. The summed E-state index contributed by atoms with van der Waals surface area (Å²) in [5.74, 6) is 1.43. The van der Waals surface area contributed by atoms with E-state index in [1.165, 1.54) is 25.7 Å². The van der Waals surface area contributed by atoms with Gasteiger partial charge in [0, 0.05) is 45.8 Å². The molecule has 1 aromatic rings. The third-order valence-electron chi connectivity index (χ3n) is 4.73. The molecular formula is C16H28N6O2. The minimum Gasteiger partial charge on any atom is -0.467 e. The molecule has 0 aromatic carbocycles. The van der Waals surface area contributed by atoms with Gasteiger partial charge in [0.2, 0.25) is 11.9 Å². The van der Waals surface area contributed by atoms with Crippen LogP contribution < -0.4 is 14.5 Å². The molecule has 2 fully saturated rings. The Morgan fingerprint density at radius 1 is 0.833 bits per heavy atom. The minimum atomic E-state index is 0.207. The number of β-amino-alcohol motifs (C(OH)–C–C–N with tert-alkyl or cyclic N) is 1. The lowest BCUT2D eigenvalue weighted by molar-refractivity contribution is 0.188. The second kappa shape index (κ2) is 8.43. The molecule has 1 aromatic heterocycles. The highest BCUT2D eigenvalue weighted by atomic mass is 16.5. The molecule has 0 spiro atoms. The molecule has 0 saturated carbocycles. The van der Waals surface area contributed by atoms with Gasteiger partial charge in [0.05, 0.1) is 13.7 Å². The van der Waals surface area contributed by atoms with Crippen LogP contribution in [0.3, 0.4) is 0 Å². The molecule has 0 radical (unpaired) electrons. The van der Waals surface area contributed by atoms with Crippen molar-refractivity contribution in [3.63, 3.8) is 0 Å². The van der Waals surface area contributed by atoms with Crippen molar-refractivity contribution >= 4 is 11.9 Å². The van der Waals surface area contributed by atoms with Crippen molar-refractivity contribution in [2.75, 3.05) is 69.3 Å². The molecule has 3 rings (SSSR count). The van der Waals surface area contributed by atoms with E-state index in [-0.39, 0.29) is 6.61 Å². The van der Waals surface area contributed by atoms with Gasteiger partial charge in [0.1, 0.15) is 0 Å². The van der Waals surface area contributed by atoms with Gasteiger partial charge >= 0.3 is 6.01 Å². The van der Waals surface area contributed by atoms with Crippen LogP contribution in [0.1, 0.15) is 25.7 Å². The Bertz CT molecular complexity index is 513. The van der Waals surface area contributed by atoms with Crippen LogP contribution in [0.4, 0.5) is 11.9 Å². The maximum Gasteiger partial charge on any atom is 0.322 e. The fourth-order valence-electron chi connectivity index (χ4n) is 3.29. The average molecular weight is 336 g/mol. The summed E-state index contributed by atoms with van der Waals surface area (Å²) in [6, 6.07) is 0.386. The molecule has 2 saturated heterocycles. The van der Waals surface area contributed by atoms with Crippen molar-refractivity contribution in [2.45, 2.75) is 25.7 Å². The lowest BCUT2D eigenvalue weighted by atomic mass is 10.2. The van der Waals surface area contributed by atoms with Crippen molar-refractivity contribution in [1.82, 2.24) is 19.9 Å². The number of hydrogen-bond acceptors (Lipinski definition) is 8. The number of anilines is 2. The van der Waals surface area contributed by atoms with Crippen LogP contribution in [0.2, 0.25) is 0 Å². The van der Waals surface area contributed by atoms with Crippen LogP contribution in [0.5, 0.6) is 6.01 Å². The summed E-state index contributed by atoms with van der Waals surface area (Å²) in [4.78, 5) is 20.3. The number of nitrogens with zero attached hydrogens (tertiary/aromatic N) is 6. The van der Waals surface area contributed by atoms with E-state index in [2.05, 4.69) is 24.7 Å². The summed E-state index contributed by atoms with van der Waals surface area (Å²) in [5.41, 5.74) is 0. The summed E-state index contributed by atoms with van der Waals surface area (Å²) in [6.45, 7) is 6.46.